The molecule has 192 valence electrons. The van der Waals surface area contributed by atoms with E-state index < -0.39 is 5.82 Å². The zero-order chi connectivity index (χ0) is 26.2. The van der Waals surface area contributed by atoms with E-state index in [2.05, 4.69) is 20.5 Å². The average molecular weight is 510 g/mol. The quantitative estimate of drug-likeness (QED) is 0.425. The van der Waals surface area contributed by atoms with Crippen molar-refractivity contribution in [2.45, 2.75) is 6.42 Å². The smallest absolute Gasteiger partial charge is 0.254 e. The number of pyridine rings is 1. The molecule has 7 nitrogen and oxygen atoms in total. The number of rotatable bonds is 4. The molecule has 0 spiro atoms. The fourth-order valence-corrected chi connectivity index (χ4v) is 5.14. The average Bonchev–Trinajstić information content (AvgIpc) is 2.93. The van der Waals surface area contributed by atoms with Crippen LogP contribution in [0.4, 0.5) is 15.8 Å². The van der Waals surface area contributed by atoms with Gasteiger partial charge < -0.3 is 20.4 Å². The topological polar surface area (TPSA) is 77.6 Å². The van der Waals surface area contributed by atoms with E-state index in [4.69, 9.17) is 0 Å². The largest absolute Gasteiger partial charge is 0.355 e. The third-order valence-electron chi connectivity index (χ3n) is 7.37. The molecule has 0 radical (unpaired) electrons. The highest BCUT2D eigenvalue weighted by molar-refractivity contribution is 5.99. The molecule has 0 bridgehead atoms. The maximum atomic E-state index is 15.3. The van der Waals surface area contributed by atoms with Crippen LogP contribution in [0.1, 0.15) is 26.3 Å². The normalized spacial score (nSPS) is 15.7. The van der Waals surface area contributed by atoms with E-state index in [0.29, 0.717) is 41.9 Å². The number of nitrogens with one attached hydrogen (secondary N) is 2. The van der Waals surface area contributed by atoms with Gasteiger partial charge in [-0.2, -0.15) is 0 Å². The summed E-state index contributed by atoms with van der Waals surface area (Å²) in [5, 5.41) is 7.11. The Morgan fingerprint density at radius 2 is 1.82 bits per heavy atom. The molecule has 3 aromatic carbocycles. The summed E-state index contributed by atoms with van der Waals surface area (Å²) in [5.74, 6) is -0.651. The van der Waals surface area contributed by atoms with Crippen LogP contribution in [0.2, 0.25) is 0 Å². The van der Waals surface area contributed by atoms with E-state index in [0.717, 1.165) is 47.4 Å². The van der Waals surface area contributed by atoms with Gasteiger partial charge >= 0.3 is 0 Å². The van der Waals surface area contributed by atoms with Crippen LogP contribution in [-0.2, 0) is 6.42 Å². The van der Waals surface area contributed by atoms with Crippen LogP contribution in [0.3, 0.4) is 0 Å². The molecule has 1 fully saturated rings. The number of piperazine rings is 1. The Hall–Kier alpha value is -4.30. The Bertz CT molecular complexity index is 1560. The number of carbonyl (C=O) groups excluding carboxylic acids is 2. The van der Waals surface area contributed by atoms with Gasteiger partial charge in [0.25, 0.3) is 11.8 Å². The Labute approximate surface area is 220 Å². The first-order valence-corrected chi connectivity index (χ1v) is 12.8. The lowest BCUT2D eigenvalue weighted by Crippen LogP contribution is -2.47. The summed E-state index contributed by atoms with van der Waals surface area (Å²) in [6, 6.07) is 18.0. The van der Waals surface area contributed by atoms with Gasteiger partial charge in [0, 0.05) is 72.4 Å². The number of nitrogens with zero attached hydrogens (tertiary/aromatic N) is 3. The second-order valence-electron chi connectivity index (χ2n) is 9.88. The summed E-state index contributed by atoms with van der Waals surface area (Å²) >= 11 is 0. The Morgan fingerprint density at radius 3 is 2.63 bits per heavy atom. The monoisotopic (exact) mass is 509 g/mol. The third-order valence-corrected chi connectivity index (χ3v) is 7.37. The van der Waals surface area contributed by atoms with Gasteiger partial charge in [-0.3, -0.25) is 14.6 Å². The van der Waals surface area contributed by atoms with Gasteiger partial charge in [-0.15, -0.1) is 0 Å². The lowest BCUT2D eigenvalue weighted by atomic mass is 9.99. The number of aromatic nitrogens is 1. The molecule has 0 aliphatic carbocycles. The number of halogens is 1. The molecule has 1 aromatic heterocycles. The number of likely N-dealkylation sites (N-methyl/N-ethyl adjacent to an activating group) is 1. The van der Waals surface area contributed by atoms with Crippen molar-refractivity contribution in [3.63, 3.8) is 0 Å². The zero-order valence-corrected chi connectivity index (χ0v) is 21.1. The highest BCUT2D eigenvalue weighted by atomic mass is 19.1. The van der Waals surface area contributed by atoms with E-state index >= 15 is 4.39 Å². The summed E-state index contributed by atoms with van der Waals surface area (Å²) in [4.78, 5) is 33.6. The molecule has 4 aromatic rings. The number of carbonyl (C=O) groups is 2. The van der Waals surface area contributed by atoms with Crippen LogP contribution in [0.5, 0.6) is 0 Å². The first kappa shape index (κ1) is 24.1. The number of benzene rings is 3. The van der Waals surface area contributed by atoms with Gasteiger partial charge in [0.1, 0.15) is 5.82 Å². The Balaban J connectivity index is 1.29. The molecular formula is C30H28FN5O2. The second kappa shape index (κ2) is 9.87. The molecule has 0 unspecified atom stereocenters. The van der Waals surface area contributed by atoms with Gasteiger partial charge in [-0.1, -0.05) is 18.2 Å². The van der Waals surface area contributed by atoms with Crippen molar-refractivity contribution in [3.05, 3.63) is 89.4 Å². The van der Waals surface area contributed by atoms with Crippen LogP contribution in [0, 0.1) is 5.82 Å². The third kappa shape index (κ3) is 4.59. The standard InChI is InChI=1S/C30H28FN5O2/c1-35-12-14-36(15-13-35)30(38)21-3-6-23(26(31)17-21)20-4-7-27-25(16-20)28(9-11-32-27)34-22-5-2-19-8-10-33-29(37)24(19)18-22/h2-7,9,11,16-18H,8,10,12-15H2,1H3,(H,32,34)(H,33,37). The summed E-state index contributed by atoms with van der Waals surface area (Å²) < 4.78 is 15.3. The van der Waals surface area contributed by atoms with E-state index in [1.165, 1.54) is 6.07 Å². The Kier molecular flexibility index (Phi) is 6.25. The maximum absolute atomic E-state index is 15.3. The molecule has 0 atom stereocenters. The number of anilines is 2. The van der Waals surface area contributed by atoms with E-state index in [-0.39, 0.29) is 11.8 Å². The summed E-state index contributed by atoms with van der Waals surface area (Å²) in [7, 11) is 2.03. The zero-order valence-electron chi connectivity index (χ0n) is 21.1. The van der Waals surface area contributed by atoms with Gasteiger partial charge in [-0.25, -0.2) is 4.39 Å². The van der Waals surface area contributed by atoms with Crippen molar-refractivity contribution >= 4 is 34.1 Å². The first-order valence-electron chi connectivity index (χ1n) is 12.8. The molecule has 6 rings (SSSR count). The van der Waals surface area contributed by atoms with E-state index in [9.17, 15) is 9.59 Å². The summed E-state index contributed by atoms with van der Waals surface area (Å²) in [6.07, 6.45) is 2.53. The van der Waals surface area contributed by atoms with Gasteiger partial charge in [-0.05, 0) is 67.1 Å². The molecule has 2 N–H and O–H groups in total. The minimum absolute atomic E-state index is 0.0678. The van der Waals surface area contributed by atoms with Gasteiger partial charge in [0.2, 0.25) is 0 Å². The Morgan fingerprint density at radius 1 is 0.974 bits per heavy atom. The van der Waals surface area contributed by atoms with Crippen molar-refractivity contribution in [2.75, 3.05) is 45.1 Å². The van der Waals surface area contributed by atoms with Crippen molar-refractivity contribution in [3.8, 4) is 11.1 Å². The summed E-state index contributed by atoms with van der Waals surface area (Å²) in [5.41, 5.74) is 5.53. The predicted molar refractivity (Wildman–Crippen MR) is 146 cm³/mol. The highest BCUT2D eigenvalue weighted by Gasteiger charge is 2.22. The van der Waals surface area contributed by atoms with Crippen molar-refractivity contribution in [1.29, 1.82) is 0 Å². The minimum Gasteiger partial charge on any atom is -0.355 e. The first-order chi connectivity index (χ1) is 18.5. The van der Waals surface area contributed by atoms with Crippen LogP contribution >= 0.6 is 0 Å². The van der Waals surface area contributed by atoms with Crippen molar-refractivity contribution in [2.24, 2.45) is 0 Å². The van der Waals surface area contributed by atoms with E-state index in [1.54, 1.807) is 23.2 Å². The van der Waals surface area contributed by atoms with Crippen LogP contribution in [0.25, 0.3) is 22.0 Å². The van der Waals surface area contributed by atoms with E-state index in [1.807, 2.05) is 49.5 Å². The minimum atomic E-state index is -0.441. The number of hydrogen-bond acceptors (Lipinski definition) is 5. The van der Waals surface area contributed by atoms with Crippen LogP contribution < -0.4 is 10.6 Å². The molecule has 8 heteroatoms. The van der Waals surface area contributed by atoms with Crippen LogP contribution in [0.15, 0.2) is 66.9 Å². The number of hydrogen-bond donors (Lipinski definition) is 2. The van der Waals surface area contributed by atoms with Gasteiger partial charge in [0.05, 0.1) is 5.52 Å². The molecule has 0 saturated carbocycles. The van der Waals surface area contributed by atoms with Gasteiger partial charge in [0.15, 0.2) is 0 Å². The SMILES string of the molecule is CN1CCN(C(=O)c2ccc(-c3ccc4nccc(Nc5ccc6c(c5)C(=O)NCC6)c4c3)c(F)c2)CC1. The summed E-state index contributed by atoms with van der Waals surface area (Å²) in [6.45, 7) is 3.55. The molecule has 2 aliphatic heterocycles. The number of fused-ring (bicyclic) bond motifs is 2. The van der Waals surface area contributed by atoms with Crippen LogP contribution in [-0.4, -0.2) is 66.4 Å². The highest BCUT2D eigenvalue weighted by Crippen LogP contribution is 2.32. The molecule has 1 saturated heterocycles. The molecule has 2 amide bonds. The van der Waals surface area contributed by atoms with Crippen molar-refractivity contribution < 1.29 is 14.0 Å². The molecular weight excluding hydrogens is 481 g/mol. The molecule has 38 heavy (non-hydrogen) atoms. The van der Waals surface area contributed by atoms with Crippen molar-refractivity contribution in [1.82, 2.24) is 20.1 Å². The fraction of sp³-hybridized carbons (Fsp3) is 0.233. The lowest BCUT2D eigenvalue weighted by molar-refractivity contribution is 0.0663. The maximum Gasteiger partial charge on any atom is 0.254 e. The number of amides is 2. The lowest BCUT2D eigenvalue weighted by Gasteiger charge is -2.32. The second-order valence-corrected chi connectivity index (χ2v) is 9.88. The molecule has 3 heterocycles. The fourth-order valence-electron chi connectivity index (χ4n) is 5.14. The molecule has 2 aliphatic rings. The predicted octanol–water partition coefficient (Wildman–Crippen LogP) is 4.46.